The van der Waals surface area contributed by atoms with Crippen LogP contribution in [0.15, 0.2) is 24.3 Å². The monoisotopic (exact) mass is 275 g/mol. The smallest absolute Gasteiger partial charge is 0.329 e. The SMILES string of the molecule is CCC[C@H](C(=O)OCC)N1C(=O)c2ccccc2C1=O. The molecule has 0 N–H and O–H groups in total. The Balaban J connectivity index is 2.34. The van der Waals surface area contributed by atoms with Crippen molar-refractivity contribution in [3.05, 3.63) is 35.4 Å². The van der Waals surface area contributed by atoms with E-state index in [4.69, 9.17) is 4.74 Å². The molecule has 1 aromatic carbocycles. The zero-order valence-corrected chi connectivity index (χ0v) is 11.6. The Morgan fingerprint density at radius 3 is 2.15 bits per heavy atom. The van der Waals surface area contributed by atoms with Gasteiger partial charge < -0.3 is 4.74 Å². The van der Waals surface area contributed by atoms with Crippen molar-refractivity contribution in [3.63, 3.8) is 0 Å². The molecule has 106 valence electrons. The molecule has 2 amide bonds. The second kappa shape index (κ2) is 5.86. The third-order valence-electron chi connectivity index (χ3n) is 3.26. The Kier molecular flexibility index (Phi) is 4.17. The normalized spacial score (nSPS) is 15.2. The maximum absolute atomic E-state index is 12.3. The summed E-state index contributed by atoms with van der Waals surface area (Å²) in [6.45, 7) is 3.82. The first-order chi connectivity index (χ1) is 9.61. The van der Waals surface area contributed by atoms with Gasteiger partial charge in [-0.15, -0.1) is 0 Å². The van der Waals surface area contributed by atoms with Gasteiger partial charge in [0.25, 0.3) is 11.8 Å². The third-order valence-corrected chi connectivity index (χ3v) is 3.26. The van der Waals surface area contributed by atoms with E-state index in [2.05, 4.69) is 0 Å². The number of imide groups is 1. The molecule has 0 spiro atoms. The zero-order valence-electron chi connectivity index (χ0n) is 11.6. The van der Waals surface area contributed by atoms with Crippen LogP contribution in [0.3, 0.4) is 0 Å². The Bertz CT molecular complexity index is 518. The van der Waals surface area contributed by atoms with Gasteiger partial charge in [-0.1, -0.05) is 25.5 Å². The Hall–Kier alpha value is -2.17. The number of rotatable bonds is 5. The summed E-state index contributed by atoms with van der Waals surface area (Å²) in [6, 6.07) is 5.76. The standard InChI is InChI=1S/C15H17NO4/c1-3-7-12(15(19)20-4-2)16-13(17)10-8-5-6-9-11(10)14(16)18/h5-6,8-9,12H,3-4,7H2,1-2H3/t12-/m1/s1. The van der Waals surface area contributed by atoms with E-state index in [0.29, 0.717) is 24.0 Å². The van der Waals surface area contributed by atoms with Crippen molar-refractivity contribution < 1.29 is 19.1 Å². The van der Waals surface area contributed by atoms with E-state index in [0.717, 1.165) is 4.90 Å². The number of carbonyl (C=O) groups is 3. The Morgan fingerprint density at radius 1 is 1.15 bits per heavy atom. The average molecular weight is 275 g/mol. The highest BCUT2D eigenvalue weighted by Gasteiger charge is 2.42. The van der Waals surface area contributed by atoms with Crippen LogP contribution >= 0.6 is 0 Å². The highest BCUT2D eigenvalue weighted by Crippen LogP contribution is 2.26. The number of hydrogen-bond donors (Lipinski definition) is 0. The van der Waals surface area contributed by atoms with Crippen LogP contribution < -0.4 is 0 Å². The number of fused-ring (bicyclic) bond motifs is 1. The van der Waals surface area contributed by atoms with Crippen LogP contribution in [0.4, 0.5) is 0 Å². The molecule has 1 aromatic rings. The molecule has 0 aromatic heterocycles. The fraction of sp³-hybridized carbons (Fsp3) is 0.400. The van der Waals surface area contributed by atoms with Gasteiger partial charge in [0.1, 0.15) is 6.04 Å². The number of carbonyl (C=O) groups excluding carboxylic acids is 3. The predicted molar refractivity (Wildman–Crippen MR) is 72.3 cm³/mol. The molecule has 0 saturated carbocycles. The number of esters is 1. The maximum atomic E-state index is 12.3. The molecule has 1 aliphatic heterocycles. The van der Waals surface area contributed by atoms with Gasteiger partial charge in [0.15, 0.2) is 0 Å². The van der Waals surface area contributed by atoms with Gasteiger partial charge >= 0.3 is 5.97 Å². The van der Waals surface area contributed by atoms with Gasteiger partial charge in [0.05, 0.1) is 17.7 Å². The molecule has 20 heavy (non-hydrogen) atoms. The average Bonchev–Trinajstić information content (AvgIpc) is 2.70. The molecule has 0 unspecified atom stereocenters. The van der Waals surface area contributed by atoms with Crippen molar-refractivity contribution in [3.8, 4) is 0 Å². The van der Waals surface area contributed by atoms with E-state index in [-0.39, 0.29) is 6.61 Å². The summed E-state index contributed by atoms with van der Waals surface area (Å²) >= 11 is 0. The minimum Gasteiger partial charge on any atom is -0.464 e. The van der Waals surface area contributed by atoms with Crippen LogP contribution in [-0.4, -0.2) is 35.3 Å². The fourth-order valence-electron chi connectivity index (χ4n) is 2.36. The van der Waals surface area contributed by atoms with E-state index in [1.807, 2.05) is 6.92 Å². The Morgan fingerprint density at radius 2 is 1.70 bits per heavy atom. The van der Waals surface area contributed by atoms with E-state index < -0.39 is 23.8 Å². The maximum Gasteiger partial charge on any atom is 0.329 e. The Labute approximate surface area is 117 Å². The van der Waals surface area contributed by atoms with Crippen LogP contribution in [0.1, 0.15) is 47.4 Å². The molecule has 0 fully saturated rings. The largest absolute Gasteiger partial charge is 0.464 e. The third kappa shape index (κ3) is 2.31. The summed E-state index contributed by atoms with van der Waals surface area (Å²) in [5.74, 6) is -1.36. The molecule has 5 heteroatoms. The van der Waals surface area contributed by atoms with Gasteiger partial charge in [-0.2, -0.15) is 0 Å². The molecule has 1 heterocycles. The molecule has 0 saturated heterocycles. The molecular weight excluding hydrogens is 258 g/mol. The van der Waals surface area contributed by atoms with Crippen LogP contribution in [0.2, 0.25) is 0 Å². The first-order valence-electron chi connectivity index (χ1n) is 6.75. The highest BCUT2D eigenvalue weighted by molar-refractivity contribution is 6.22. The summed E-state index contributed by atoms with van der Waals surface area (Å²) in [5.41, 5.74) is 0.700. The molecule has 1 aliphatic rings. The molecular formula is C15H17NO4. The van der Waals surface area contributed by atoms with Crippen LogP contribution in [0, 0.1) is 0 Å². The number of amides is 2. The molecule has 0 bridgehead atoms. The van der Waals surface area contributed by atoms with Crippen LogP contribution in [0.5, 0.6) is 0 Å². The molecule has 2 rings (SSSR count). The minimum atomic E-state index is -0.840. The quantitative estimate of drug-likeness (QED) is 0.609. The first kappa shape index (κ1) is 14.2. The van der Waals surface area contributed by atoms with Gasteiger partial charge in [0.2, 0.25) is 0 Å². The fourth-order valence-corrected chi connectivity index (χ4v) is 2.36. The van der Waals surface area contributed by atoms with Gasteiger partial charge in [-0.3, -0.25) is 14.5 Å². The van der Waals surface area contributed by atoms with E-state index in [1.54, 1.807) is 31.2 Å². The van der Waals surface area contributed by atoms with E-state index >= 15 is 0 Å². The van der Waals surface area contributed by atoms with Crippen LogP contribution in [-0.2, 0) is 9.53 Å². The number of hydrogen-bond acceptors (Lipinski definition) is 4. The summed E-state index contributed by atoms with van der Waals surface area (Å²) in [6.07, 6.45) is 1.08. The number of benzene rings is 1. The molecule has 0 aliphatic carbocycles. The second-order valence-corrected chi connectivity index (χ2v) is 4.58. The predicted octanol–water partition coefficient (Wildman–Crippen LogP) is 2.01. The van der Waals surface area contributed by atoms with Crippen molar-refractivity contribution in [2.75, 3.05) is 6.61 Å². The summed E-state index contributed by atoms with van der Waals surface area (Å²) in [7, 11) is 0. The number of ether oxygens (including phenoxy) is 1. The van der Waals surface area contributed by atoms with Crippen molar-refractivity contribution in [2.24, 2.45) is 0 Å². The lowest BCUT2D eigenvalue weighted by Crippen LogP contribution is -2.45. The molecule has 5 nitrogen and oxygen atoms in total. The van der Waals surface area contributed by atoms with Crippen molar-refractivity contribution >= 4 is 17.8 Å². The van der Waals surface area contributed by atoms with E-state index in [1.165, 1.54) is 0 Å². The molecule has 1 atom stereocenters. The van der Waals surface area contributed by atoms with Crippen molar-refractivity contribution in [1.29, 1.82) is 0 Å². The lowest BCUT2D eigenvalue weighted by Gasteiger charge is -2.23. The number of nitrogens with zero attached hydrogens (tertiary/aromatic N) is 1. The van der Waals surface area contributed by atoms with Crippen molar-refractivity contribution in [1.82, 2.24) is 4.90 Å². The van der Waals surface area contributed by atoms with Gasteiger partial charge in [0, 0.05) is 0 Å². The first-order valence-corrected chi connectivity index (χ1v) is 6.75. The highest BCUT2D eigenvalue weighted by atomic mass is 16.5. The zero-order chi connectivity index (χ0) is 14.7. The summed E-state index contributed by atoms with van der Waals surface area (Å²) < 4.78 is 4.98. The van der Waals surface area contributed by atoms with E-state index in [9.17, 15) is 14.4 Å². The van der Waals surface area contributed by atoms with Gasteiger partial charge in [-0.25, -0.2) is 4.79 Å². The van der Waals surface area contributed by atoms with Crippen LogP contribution in [0.25, 0.3) is 0 Å². The minimum absolute atomic E-state index is 0.224. The summed E-state index contributed by atoms with van der Waals surface area (Å²) in [4.78, 5) is 37.7. The topological polar surface area (TPSA) is 63.7 Å². The molecule has 0 radical (unpaired) electrons. The summed E-state index contributed by atoms with van der Waals surface area (Å²) in [5, 5.41) is 0. The lowest BCUT2D eigenvalue weighted by atomic mass is 10.1. The second-order valence-electron chi connectivity index (χ2n) is 4.58. The van der Waals surface area contributed by atoms with Gasteiger partial charge in [-0.05, 0) is 25.5 Å². The lowest BCUT2D eigenvalue weighted by molar-refractivity contribution is -0.148. The van der Waals surface area contributed by atoms with Crippen molar-refractivity contribution in [2.45, 2.75) is 32.7 Å².